The van der Waals surface area contributed by atoms with Crippen LogP contribution in [0.4, 0.5) is 0 Å². The maximum atomic E-state index is 5.53. The number of rotatable bonds is 7. The third kappa shape index (κ3) is 5.54. The zero-order valence-electron chi connectivity index (χ0n) is 8.63. The summed E-state index contributed by atoms with van der Waals surface area (Å²) in [5.74, 6) is 4.55. The van der Waals surface area contributed by atoms with Crippen molar-refractivity contribution in [3.05, 3.63) is 0 Å². The molecule has 1 N–H and O–H groups in total. The van der Waals surface area contributed by atoms with Crippen molar-refractivity contribution in [1.82, 2.24) is 5.32 Å². The van der Waals surface area contributed by atoms with Gasteiger partial charge in [-0.2, -0.15) is 0 Å². The molecule has 1 heterocycles. The van der Waals surface area contributed by atoms with E-state index in [4.69, 9.17) is 11.2 Å². The molecule has 1 unspecified atom stereocenters. The highest BCUT2D eigenvalue weighted by atomic mass is 32.2. The third-order valence-corrected chi connectivity index (χ3v) is 3.14. The van der Waals surface area contributed by atoms with Crippen LogP contribution in [0.15, 0.2) is 0 Å². The molecule has 0 aliphatic carbocycles. The van der Waals surface area contributed by atoms with Gasteiger partial charge in [0.25, 0.3) is 0 Å². The zero-order chi connectivity index (χ0) is 10.1. The fourth-order valence-electron chi connectivity index (χ4n) is 1.54. The summed E-state index contributed by atoms with van der Waals surface area (Å²) in [7, 11) is 0. The van der Waals surface area contributed by atoms with Crippen molar-refractivity contribution in [3.8, 4) is 12.3 Å². The van der Waals surface area contributed by atoms with Crippen molar-refractivity contribution in [1.29, 1.82) is 0 Å². The van der Waals surface area contributed by atoms with E-state index in [1.165, 1.54) is 12.8 Å². The number of thioether (sulfide) groups is 1. The smallest absolute Gasteiger partial charge is 0.0588 e. The molecule has 0 aromatic carbocycles. The van der Waals surface area contributed by atoms with Crippen molar-refractivity contribution in [2.24, 2.45) is 0 Å². The molecule has 0 radical (unpaired) electrons. The van der Waals surface area contributed by atoms with Gasteiger partial charge in [0, 0.05) is 18.9 Å². The Hall–Kier alpha value is -0.170. The van der Waals surface area contributed by atoms with Gasteiger partial charge < -0.3 is 10.1 Å². The van der Waals surface area contributed by atoms with E-state index in [1.54, 1.807) is 11.8 Å². The highest BCUT2D eigenvalue weighted by Gasteiger charge is 2.13. The molecule has 1 aliphatic heterocycles. The fraction of sp³-hybridized carbons (Fsp3) is 0.818. The molecule has 1 aliphatic rings. The molecular weight excluding hydrogens is 194 g/mol. The van der Waals surface area contributed by atoms with Crippen LogP contribution < -0.4 is 5.32 Å². The summed E-state index contributed by atoms with van der Waals surface area (Å²) in [5, 5.41) is 3.40. The molecule has 2 nitrogen and oxygen atoms in total. The Labute approximate surface area is 91.2 Å². The van der Waals surface area contributed by atoms with Gasteiger partial charge in [0.05, 0.1) is 11.9 Å². The lowest BCUT2D eigenvalue weighted by Gasteiger charge is -2.09. The lowest BCUT2D eigenvalue weighted by atomic mass is 10.2. The Kier molecular flexibility index (Phi) is 6.94. The molecule has 1 saturated heterocycles. The first-order valence-electron chi connectivity index (χ1n) is 5.27. The Morgan fingerprint density at radius 3 is 3.14 bits per heavy atom. The molecule has 80 valence electrons. The first-order valence-corrected chi connectivity index (χ1v) is 6.42. The van der Waals surface area contributed by atoms with E-state index in [1.807, 2.05) is 0 Å². The standard InChI is InChI=1S/C11H19NOS/c1-2-9-14-10-7-12-6-5-11-4-3-8-13-11/h1,11-12H,3-10H2. The van der Waals surface area contributed by atoms with Gasteiger partial charge in [0.15, 0.2) is 0 Å². The summed E-state index contributed by atoms with van der Waals surface area (Å²) in [4.78, 5) is 0. The second-order valence-electron chi connectivity index (χ2n) is 3.43. The Bertz CT molecular complexity index is 173. The fourth-order valence-corrected chi connectivity index (χ4v) is 2.09. The second kappa shape index (κ2) is 8.16. The summed E-state index contributed by atoms with van der Waals surface area (Å²) >= 11 is 1.81. The van der Waals surface area contributed by atoms with Crippen LogP contribution in [0.25, 0.3) is 0 Å². The number of nitrogens with one attached hydrogen (secondary N) is 1. The summed E-state index contributed by atoms with van der Waals surface area (Å²) in [6, 6.07) is 0. The first-order chi connectivity index (χ1) is 6.93. The van der Waals surface area contributed by atoms with Crippen LogP contribution in [0, 0.1) is 12.3 Å². The Balaban J connectivity index is 1.78. The molecule has 1 rings (SSSR count). The number of hydrogen-bond donors (Lipinski definition) is 1. The van der Waals surface area contributed by atoms with Gasteiger partial charge in [0.2, 0.25) is 0 Å². The molecule has 14 heavy (non-hydrogen) atoms. The SMILES string of the molecule is C#CCSCCNCCC1CCCO1. The van der Waals surface area contributed by atoms with Crippen LogP contribution >= 0.6 is 11.8 Å². The molecule has 0 aromatic heterocycles. The minimum Gasteiger partial charge on any atom is -0.378 e. The van der Waals surface area contributed by atoms with E-state index in [9.17, 15) is 0 Å². The van der Waals surface area contributed by atoms with Gasteiger partial charge in [-0.05, 0) is 25.8 Å². The average Bonchev–Trinajstić information content (AvgIpc) is 2.69. The lowest BCUT2D eigenvalue weighted by Crippen LogP contribution is -2.22. The van der Waals surface area contributed by atoms with E-state index in [2.05, 4.69) is 11.2 Å². The third-order valence-electron chi connectivity index (χ3n) is 2.28. The topological polar surface area (TPSA) is 21.3 Å². The van der Waals surface area contributed by atoms with Crippen molar-refractivity contribution in [3.63, 3.8) is 0 Å². The predicted octanol–water partition coefficient (Wildman–Crippen LogP) is 1.51. The van der Waals surface area contributed by atoms with Crippen molar-refractivity contribution in [2.45, 2.75) is 25.4 Å². The molecule has 0 spiro atoms. The van der Waals surface area contributed by atoms with Crippen LogP contribution in [-0.2, 0) is 4.74 Å². The summed E-state index contributed by atoms with van der Waals surface area (Å²) in [5.41, 5.74) is 0. The predicted molar refractivity (Wildman–Crippen MR) is 62.6 cm³/mol. The Morgan fingerprint density at radius 2 is 2.43 bits per heavy atom. The molecule has 3 heteroatoms. The molecule has 1 fully saturated rings. The van der Waals surface area contributed by atoms with Crippen molar-refractivity contribution >= 4 is 11.8 Å². The Morgan fingerprint density at radius 1 is 1.50 bits per heavy atom. The summed E-state index contributed by atoms with van der Waals surface area (Å²) in [6.07, 6.45) is 9.29. The highest BCUT2D eigenvalue weighted by Crippen LogP contribution is 2.14. The van der Waals surface area contributed by atoms with Crippen molar-refractivity contribution in [2.75, 3.05) is 31.2 Å². The van der Waals surface area contributed by atoms with Gasteiger partial charge in [-0.25, -0.2) is 0 Å². The number of ether oxygens (including phenoxy) is 1. The quantitative estimate of drug-likeness (QED) is 0.512. The van der Waals surface area contributed by atoms with E-state index >= 15 is 0 Å². The molecule has 0 amide bonds. The molecule has 1 atom stereocenters. The van der Waals surface area contributed by atoms with E-state index in [-0.39, 0.29) is 0 Å². The minimum atomic E-state index is 0.515. The number of terminal acetylenes is 1. The zero-order valence-corrected chi connectivity index (χ0v) is 9.44. The molecular formula is C11H19NOS. The number of hydrogen-bond acceptors (Lipinski definition) is 3. The van der Waals surface area contributed by atoms with Gasteiger partial charge in [0.1, 0.15) is 0 Å². The van der Waals surface area contributed by atoms with Crippen molar-refractivity contribution < 1.29 is 4.74 Å². The molecule has 0 saturated carbocycles. The normalized spacial score (nSPS) is 20.9. The molecule has 0 aromatic rings. The lowest BCUT2D eigenvalue weighted by molar-refractivity contribution is 0.104. The van der Waals surface area contributed by atoms with E-state index < -0.39 is 0 Å². The van der Waals surface area contributed by atoms with Crippen LogP contribution in [0.1, 0.15) is 19.3 Å². The van der Waals surface area contributed by atoms with Gasteiger partial charge >= 0.3 is 0 Å². The van der Waals surface area contributed by atoms with Crippen LogP contribution in [0.3, 0.4) is 0 Å². The monoisotopic (exact) mass is 213 g/mol. The van der Waals surface area contributed by atoms with E-state index in [0.29, 0.717) is 6.10 Å². The van der Waals surface area contributed by atoms with Gasteiger partial charge in [-0.15, -0.1) is 18.2 Å². The highest BCUT2D eigenvalue weighted by molar-refractivity contribution is 7.99. The van der Waals surface area contributed by atoms with Crippen LogP contribution in [-0.4, -0.2) is 37.3 Å². The van der Waals surface area contributed by atoms with E-state index in [0.717, 1.165) is 37.6 Å². The average molecular weight is 213 g/mol. The largest absolute Gasteiger partial charge is 0.378 e. The second-order valence-corrected chi connectivity index (χ2v) is 4.54. The molecule has 0 bridgehead atoms. The maximum Gasteiger partial charge on any atom is 0.0588 e. The van der Waals surface area contributed by atoms with Gasteiger partial charge in [-0.1, -0.05) is 5.92 Å². The van der Waals surface area contributed by atoms with Crippen LogP contribution in [0.2, 0.25) is 0 Å². The first kappa shape index (κ1) is 11.9. The van der Waals surface area contributed by atoms with Gasteiger partial charge in [-0.3, -0.25) is 0 Å². The summed E-state index contributed by atoms with van der Waals surface area (Å²) < 4.78 is 5.53. The van der Waals surface area contributed by atoms with Crippen LogP contribution in [0.5, 0.6) is 0 Å². The minimum absolute atomic E-state index is 0.515. The summed E-state index contributed by atoms with van der Waals surface area (Å²) in [6.45, 7) is 3.09. The maximum absolute atomic E-state index is 5.53.